The van der Waals surface area contributed by atoms with E-state index in [0.29, 0.717) is 13.1 Å². The van der Waals surface area contributed by atoms with E-state index in [0.717, 1.165) is 0 Å². The zero-order valence-electron chi connectivity index (χ0n) is 12.0. The first-order valence-electron chi connectivity index (χ1n) is 5.90. The van der Waals surface area contributed by atoms with Gasteiger partial charge in [-0.3, -0.25) is 0 Å². The van der Waals surface area contributed by atoms with Gasteiger partial charge in [0, 0.05) is 20.1 Å². The summed E-state index contributed by atoms with van der Waals surface area (Å²) in [6.45, 7) is 0.858. The molecule has 1 aromatic rings. The average molecular weight is 358 g/mol. The summed E-state index contributed by atoms with van der Waals surface area (Å²) < 4.78 is 50.9. The highest BCUT2D eigenvalue weighted by Gasteiger charge is 2.21. The van der Waals surface area contributed by atoms with Gasteiger partial charge in [-0.25, -0.2) is 21.6 Å². The highest BCUT2D eigenvalue weighted by Crippen LogP contribution is 2.17. The van der Waals surface area contributed by atoms with E-state index in [1.54, 1.807) is 7.05 Å². The summed E-state index contributed by atoms with van der Waals surface area (Å²) in [6, 6.07) is 5.11. The molecule has 0 saturated heterocycles. The largest absolute Gasteiger partial charge is 0.318 e. The summed E-state index contributed by atoms with van der Waals surface area (Å²) in [5.74, 6) is 0. The third-order valence-corrected chi connectivity index (χ3v) is 6.09. The van der Waals surface area contributed by atoms with Gasteiger partial charge in [-0.15, -0.1) is 12.4 Å². The molecule has 10 heteroatoms. The average Bonchev–Trinajstić information content (AvgIpc) is 2.44. The first-order valence-corrected chi connectivity index (χ1v) is 8.82. The number of likely N-dealkylation sites (N-methyl/N-ethyl adjacent to an activating group) is 2. The Morgan fingerprint density at radius 2 is 1.48 bits per heavy atom. The molecule has 0 amide bonds. The molecule has 1 rings (SSSR count). The molecule has 0 aliphatic heterocycles. The van der Waals surface area contributed by atoms with Gasteiger partial charge in [0.15, 0.2) is 0 Å². The van der Waals surface area contributed by atoms with Gasteiger partial charge in [0.2, 0.25) is 20.0 Å². The van der Waals surface area contributed by atoms with Crippen LogP contribution in [0.4, 0.5) is 0 Å². The molecule has 21 heavy (non-hydrogen) atoms. The minimum absolute atomic E-state index is 0. The van der Waals surface area contributed by atoms with Crippen molar-refractivity contribution in [1.82, 2.24) is 14.3 Å². The van der Waals surface area contributed by atoms with Crippen molar-refractivity contribution in [1.29, 1.82) is 0 Å². The van der Waals surface area contributed by atoms with Gasteiger partial charge in [0.1, 0.15) is 0 Å². The molecule has 0 fully saturated rings. The number of halogens is 1. The first kappa shape index (κ1) is 20.3. The molecule has 0 bridgehead atoms. The third kappa shape index (κ3) is 4.90. The lowest BCUT2D eigenvalue weighted by Crippen LogP contribution is -2.32. The zero-order valence-corrected chi connectivity index (χ0v) is 14.5. The van der Waals surface area contributed by atoms with E-state index in [9.17, 15) is 16.8 Å². The number of nitrogens with one attached hydrogen (secondary N) is 2. The number of hydrogen-bond donors (Lipinski definition) is 2. The molecule has 2 N–H and O–H groups in total. The van der Waals surface area contributed by atoms with Crippen LogP contribution in [0.1, 0.15) is 0 Å². The molecule has 0 aliphatic rings. The molecule has 0 spiro atoms. The second-order valence-electron chi connectivity index (χ2n) is 4.11. The molecular weight excluding hydrogens is 338 g/mol. The van der Waals surface area contributed by atoms with Crippen molar-refractivity contribution in [2.45, 2.75) is 9.79 Å². The Hall–Kier alpha value is -0.710. The Bertz CT molecular complexity index is 645. The number of hydrogen-bond acceptors (Lipinski definition) is 5. The van der Waals surface area contributed by atoms with Crippen LogP contribution in [-0.2, 0) is 20.0 Å². The lowest BCUT2D eigenvalue weighted by Gasteiger charge is -2.17. The van der Waals surface area contributed by atoms with E-state index in [1.807, 2.05) is 0 Å². The van der Waals surface area contributed by atoms with Crippen molar-refractivity contribution in [2.75, 3.05) is 34.2 Å². The van der Waals surface area contributed by atoms with Crippen molar-refractivity contribution < 1.29 is 16.8 Å². The lowest BCUT2D eigenvalue weighted by atomic mass is 10.4. The van der Waals surface area contributed by atoms with Gasteiger partial charge in [0.25, 0.3) is 0 Å². The van der Waals surface area contributed by atoms with E-state index < -0.39 is 20.0 Å². The molecule has 1 aromatic carbocycles. The fourth-order valence-electron chi connectivity index (χ4n) is 1.48. The van der Waals surface area contributed by atoms with Crippen molar-refractivity contribution in [3.63, 3.8) is 0 Å². The first-order chi connectivity index (χ1) is 9.25. The van der Waals surface area contributed by atoms with E-state index in [-0.39, 0.29) is 22.2 Å². The predicted molar refractivity (Wildman–Crippen MR) is 83.7 cm³/mol. The number of rotatable bonds is 7. The summed E-state index contributed by atoms with van der Waals surface area (Å²) in [4.78, 5) is 0.0861. The van der Waals surface area contributed by atoms with Crippen LogP contribution >= 0.6 is 12.4 Å². The normalized spacial score (nSPS) is 12.2. The van der Waals surface area contributed by atoms with Gasteiger partial charge in [-0.05, 0) is 38.4 Å². The summed E-state index contributed by atoms with van der Waals surface area (Å²) in [5.41, 5.74) is 0. The van der Waals surface area contributed by atoms with Gasteiger partial charge < -0.3 is 5.32 Å². The highest BCUT2D eigenvalue weighted by molar-refractivity contribution is 7.89. The Kier molecular flexibility index (Phi) is 7.79. The lowest BCUT2D eigenvalue weighted by molar-refractivity contribution is 0.466. The van der Waals surface area contributed by atoms with E-state index in [2.05, 4.69) is 10.0 Å². The van der Waals surface area contributed by atoms with Crippen LogP contribution in [0.5, 0.6) is 0 Å². The molecular formula is C11H20ClN3O4S2. The second-order valence-corrected chi connectivity index (χ2v) is 8.04. The molecule has 0 radical (unpaired) electrons. The van der Waals surface area contributed by atoms with Gasteiger partial charge >= 0.3 is 0 Å². The topological polar surface area (TPSA) is 95.6 Å². The molecule has 122 valence electrons. The van der Waals surface area contributed by atoms with Gasteiger partial charge in [0.05, 0.1) is 9.79 Å². The van der Waals surface area contributed by atoms with Crippen LogP contribution < -0.4 is 10.0 Å². The summed E-state index contributed by atoms with van der Waals surface area (Å²) in [5, 5.41) is 2.87. The van der Waals surface area contributed by atoms with E-state index in [4.69, 9.17) is 0 Å². The quantitative estimate of drug-likeness (QED) is 0.708. The molecule has 0 atom stereocenters. The maximum atomic E-state index is 12.2. The SMILES string of the molecule is CNCCN(C)S(=O)(=O)c1ccc(S(=O)(=O)NC)cc1.Cl. The molecule has 0 unspecified atom stereocenters. The van der Waals surface area contributed by atoms with Gasteiger partial charge in [-0.1, -0.05) is 0 Å². The molecule has 0 aliphatic carbocycles. The Morgan fingerprint density at radius 3 is 1.90 bits per heavy atom. The smallest absolute Gasteiger partial charge is 0.242 e. The number of nitrogens with zero attached hydrogens (tertiary/aromatic N) is 1. The third-order valence-electron chi connectivity index (χ3n) is 2.79. The van der Waals surface area contributed by atoms with Crippen molar-refractivity contribution >= 4 is 32.5 Å². The van der Waals surface area contributed by atoms with Crippen LogP contribution in [0.2, 0.25) is 0 Å². The van der Waals surface area contributed by atoms with Crippen LogP contribution in [0, 0.1) is 0 Å². The van der Waals surface area contributed by atoms with E-state index >= 15 is 0 Å². The summed E-state index contributed by atoms with van der Waals surface area (Å²) in [7, 11) is -2.66. The Morgan fingerprint density at radius 1 is 1.00 bits per heavy atom. The highest BCUT2D eigenvalue weighted by atomic mass is 35.5. The second kappa shape index (κ2) is 8.06. The van der Waals surface area contributed by atoms with Crippen LogP contribution in [0.3, 0.4) is 0 Å². The van der Waals surface area contributed by atoms with Crippen LogP contribution in [0.15, 0.2) is 34.1 Å². The minimum Gasteiger partial charge on any atom is -0.318 e. The standard InChI is InChI=1S/C11H19N3O4S2.ClH/c1-12-8-9-14(3)20(17,18)11-6-4-10(5-7-11)19(15,16)13-2;/h4-7,12-13H,8-9H2,1-3H3;1H. The number of sulfonamides is 2. The Balaban J connectivity index is 0.00000400. The summed E-state index contributed by atoms with van der Waals surface area (Å²) in [6.07, 6.45) is 0. The van der Waals surface area contributed by atoms with Crippen LogP contribution in [-0.4, -0.2) is 55.4 Å². The molecule has 0 heterocycles. The predicted octanol–water partition coefficient (Wildman–Crippen LogP) is -0.144. The monoisotopic (exact) mass is 357 g/mol. The zero-order chi connectivity index (χ0) is 15.4. The maximum Gasteiger partial charge on any atom is 0.242 e. The van der Waals surface area contributed by atoms with Crippen molar-refractivity contribution in [3.8, 4) is 0 Å². The fraction of sp³-hybridized carbons (Fsp3) is 0.455. The fourth-order valence-corrected chi connectivity index (χ4v) is 3.38. The molecule has 7 nitrogen and oxygen atoms in total. The van der Waals surface area contributed by atoms with E-state index in [1.165, 1.54) is 42.7 Å². The van der Waals surface area contributed by atoms with Crippen LogP contribution in [0.25, 0.3) is 0 Å². The maximum absolute atomic E-state index is 12.2. The van der Waals surface area contributed by atoms with Gasteiger partial charge in [-0.2, -0.15) is 4.31 Å². The summed E-state index contributed by atoms with van der Waals surface area (Å²) >= 11 is 0. The molecule has 0 saturated carbocycles. The van der Waals surface area contributed by atoms with Crippen molar-refractivity contribution in [2.24, 2.45) is 0 Å². The molecule has 0 aromatic heterocycles. The Labute approximate surface area is 132 Å². The van der Waals surface area contributed by atoms with Crippen molar-refractivity contribution in [3.05, 3.63) is 24.3 Å². The number of benzene rings is 1. The minimum atomic E-state index is -3.60.